The molecule has 3 heterocycles. The summed E-state index contributed by atoms with van der Waals surface area (Å²) < 4.78 is 3.43. The second-order valence-corrected chi connectivity index (χ2v) is 7.21. The van der Waals surface area contributed by atoms with E-state index < -0.39 is 11.9 Å². The van der Waals surface area contributed by atoms with E-state index in [-0.39, 0.29) is 17.8 Å². The molecule has 3 aromatic rings. The summed E-state index contributed by atoms with van der Waals surface area (Å²) in [5, 5.41) is 11.5. The lowest BCUT2D eigenvalue weighted by atomic mass is 10.1. The number of nitrogens with zero attached hydrogens (tertiary/aromatic N) is 6. The van der Waals surface area contributed by atoms with Gasteiger partial charge >= 0.3 is 0 Å². The fourth-order valence-corrected chi connectivity index (χ4v) is 3.49. The molecule has 9 heteroatoms. The summed E-state index contributed by atoms with van der Waals surface area (Å²) in [5.41, 5.74) is 1.92. The summed E-state index contributed by atoms with van der Waals surface area (Å²) >= 11 is 0. The highest BCUT2D eigenvalue weighted by Gasteiger charge is 2.31. The fraction of sp³-hybridized carbons (Fsp3) is 0.350. The Bertz CT molecular complexity index is 1040. The molecule has 4 rings (SSSR count). The van der Waals surface area contributed by atoms with Crippen molar-refractivity contribution in [3.8, 4) is 0 Å². The highest BCUT2D eigenvalue weighted by atomic mass is 16.2. The largest absolute Gasteiger partial charge is 0.337 e. The lowest BCUT2D eigenvalue weighted by Crippen LogP contribution is -2.47. The number of aryl methyl sites for hydroxylation is 2. The molecule has 0 spiro atoms. The molecule has 0 saturated heterocycles. The molecule has 1 aliphatic heterocycles. The molecule has 29 heavy (non-hydrogen) atoms. The van der Waals surface area contributed by atoms with Crippen molar-refractivity contribution in [2.75, 3.05) is 11.9 Å². The van der Waals surface area contributed by atoms with Crippen LogP contribution in [0.1, 0.15) is 41.3 Å². The molecule has 0 bridgehead atoms. The number of rotatable bonds is 4. The second-order valence-electron chi connectivity index (χ2n) is 7.21. The summed E-state index contributed by atoms with van der Waals surface area (Å²) in [6, 6.07) is 11.0. The number of amides is 2. The molecule has 9 nitrogen and oxygen atoms in total. The molecule has 0 saturated carbocycles. The van der Waals surface area contributed by atoms with Crippen LogP contribution in [0.2, 0.25) is 0 Å². The van der Waals surface area contributed by atoms with Crippen LogP contribution in [0.5, 0.6) is 0 Å². The van der Waals surface area contributed by atoms with Gasteiger partial charge in [-0.2, -0.15) is 5.10 Å². The molecular formula is C20H23N7O2. The molecule has 1 aromatic carbocycles. The van der Waals surface area contributed by atoms with Gasteiger partial charge in [0.2, 0.25) is 5.82 Å². The molecule has 1 unspecified atom stereocenters. The van der Waals surface area contributed by atoms with E-state index in [0.29, 0.717) is 13.0 Å². The number of hydrogen-bond donors (Lipinski definition) is 1. The number of hydrogen-bond acceptors (Lipinski definition) is 5. The van der Waals surface area contributed by atoms with Gasteiger partial charge in [0.15, 0.2) is 0 Å². The van der Waals surface area contributed by atoms with E-state index in [1.165, 1.54) is 11.2 Å². The van der Waals surface area contributed by atoms with Gasteiger partial charge in [0.25, 0.3) is 11.8 Å². The predicted molar refractivity (Wildman–Crippen MR) is 107 cm³/mol. The van der Waals surface area contributed by atoms with Crippen molar-refractivity contribution in [3.63, 3.8) is 0 Å². The number of benzene rings is 1. The molecule has 0 aliphatic carbocycles. The van der Waals surface area contributed by atoms with Crippen LogP contribution in [-0.4, -0.2) is 49.4 Å². The monoisotopic (exact) mass is 393 g/mol. The Morgan fingerprint density at radius 2 is 2.00 bits per heavy atom. The van der Waals surface area contributed by atoms with E-state index in [4.69, 9.17) is 0 Å². The van der Waals surface area contributed by atoms with E-state index in [2.05, 4.69) is 20.5 Å². The Hall–Kier alpha value is -3.49. The van der Waals surface area contributed by atoms with Gasteiger partial charge in [0.1, 0.15) is 18.2 Å². The zero-order valence-electron chi connectivity index (χ0n) is 16.6. The average molecular weight is 393 g/mol. The first-order chi connectivity index (χ1) is 13.9. The van der Waals surface area contributed by atoms with Gasteiger partial charge in [-0.3, -0.25) is 14.5 Å². The third-order valence-electron chi connectivity index (χ3n) is 5.18. The maximum Gasteiger partial charge on any atom is 0.291 e. The van der Waals surface area contributed by atoms with Gasteiger partial charge in [-0.15, -0.1) is 5.10 Å². The van der Waals surface area contributed by atoms with Crippen molar-refractivity contribution in [2.45, 2.75) is 38.9 Å². The van der Waals surface area contributed by atoms with Crippen molar-refractivity contribution in [3.05, 3.63) is 59.8 Å². The summed E-state index contributed by atoms with van der Waals surface area (Å²) in [6.45, 7) is 4.41. The maximum atomic E-state index is 12.8. The maximum absolute atomic E-state index is 12.8. The van der Waals surface area contributed by atoms with E-state index in [9.17, 15) is 9.59 Å². The fourth-order valence-electron chi connectivity index (χ4n) is 3.49. The van der Waals surface area contributed by atoms with Crippen molar-refractivity contribution >= 4 is 17.6 Å². The van der Waals surface area contributed by atoms with Crippen LogP contribution in [0.25, 0.3) is 0 Å². The minimum atomic E-state index is -0.659. The zero-order valence-corrected chi connectivity index (χ0v) is 16.6. The van der Waals surface area contributed by atoms with Crippen molar-refractivity contribution < 1.29 is 9.59 Å². The highest BCUT2D eigenvalue weighted by Crippen LogP contribution is 2.21. The summed E-state index contributed by atoms with van der Waals surface area (Å²) in [7, 11) is 1.69. The standard InChI is InChI=1S/C20H23N7O2/c1-13-11-17-25(3)20(29)16(9-10-26(17)23-13)22-19(28)18-21-12-27(24-18)14(2)15-7-5-4-6-8-15/h4-8,11-12,14,16H,9-10H2,1-3H3,(H,22,28)/t14?,16-/m0/s1. The summed E-state index contributed by atoms with van der Waals surface area (Å²) in [5.74, 6) is 0.116. The number of likely N-dealkylation sites (N-methyl/N-ethyl adjacent to an activating group) is 1. The van der Waals surface area contributed by atoms with Gasteiger partial charge < -0.3 is 5.32 Å². The Kier molecular flexibility index (Phi) is 4.87. The van der Waals surface area contributed by atoms with Crippen molar-refractivity contribution in [2.24, 2.45) is 0 Å². The molecule has 1 N–H and O–H groups in total. The Morgan fingerprint density at radius 3 is 2.76 bits per heavy atom. The van der Waals surface area contributed by atoms with Crippen molar-refractivity contribution in [1.29, 1.82) is 0 Å². The molecule has 1 aliphatic rings. The van der Waals surface area contributed by atoms with Crippen molar-refractivity contribution in [1.82, 2.24) is 29.9 Å². The minimum Gasteiger partial charge on any atom is -0.337 e. The third kappa shape index (κ3) is 3.63. The zero-order chi connectivity index (χ0) is 20.5. The normalized spacial score (nSPS) is 17.6. The van der Waals surface area contributed by atoms with E-state index in [1.807, 2.05) is 50.2 Å². The first kappa shape index (κ1) is 18.9. The number of carbonyl (C=O) groups excluding carboxylic acids is 2. The second kappa shape index (κ2) is 7.50. The molecule has 0 fully saturated rings. The van der Waals surface area contributed by atoms with Crippen LogP contribution in [0.4, 0.5) is 5.82 Å². The first-order valence-corrected chi connectivity index (χ1v) is 9.53. The highest BCUT2D eigenvalue weighted by molar-refractivity contribution is 6.00. The van der Waals surface area contributed by atoms with Crippen LogP contribution in [0.15, 0.2) is 42.7 Å². The number of carbonyl (C=O) groups is 2. The molecule has 0 radical (unpaired) electrons. The molecule has 2 atom stereocenters. The Labute approximate surface area is 168 Å². The Balaban J connectivity index is 1.47. The summed E-state index contributed by atoms with van der Waals surface area (Å²) in [4.78, 5) is 31.1. The van der Waals surface area contributed by atoms with E-state index in [0.717, 1.165) is 17.1 Å². The predicted octanol–water partition coefficient (Wildman–Crippen LogP) is 1.56. The number of anilines is 1. The van der Waals surface area contributed by atoms with Gasteiger partial charge in [0, 0.05) is 19.7 Å². The molecule has 2 amide bonds. The van der Waals surface area contributed by atoms with Crippen LogP contribution in [-0.2, 0) is 11.3 Å². The smallest absolute Gasteiger partial charge is 0.291 e. The lowest BCUT2D eigenvalue weighted by molar-refractivity contribution is -0.120. The molecule has 2 aromatic heterocycles. The number of aromatic nitrogens is 5. The van der Waals surface area contributed by atoms with Crippen LogP contribution >= 0.6 is 0 Å². The van der Waals surface area contributed by atoms with Gasteiger partial charge in [0.05, 0.1) is 11.7 Å². The average Bonchev–Trinajstić information content (AvgIpc) is 3.34. The van der Waals surface area contributed by atoms with Gasteiger partial charge in [-0.25, -0.2) is 14.3 Å². The quantitative estimate of drug-likeness (QED) is 0.725. The Morgan fingerprint density at radius 1 is 1.24 bits per heavy atom. The van der Waals surface area contributed by atoms with Crippen LogP contribution in [0.3, 0.4) is 0 Å². The molecule has 150 valence electrons. The number of fused-ring (bicyclic) bond motifs is 1. The van der Waals surface area contributed by atoms with E-state index in [1.54, 1.807) is 16.4 Å². The van der Waals surface area contributed by atoms with E-state index >= 15 is 0 Å². The SMILES string of the molecule is Cc1cc2n(n1)CC[C@H](NC(=O)c1ncn(C(C)c3ccccc3)n1)C(=O)N2C. The summed E-state index contributed by atoms with van der Waals surface area (Å²) in [6.07, 6.45) is 1.98. The first-order valence-electron chi connectivity index (χ1n) is 9.53. The number of nitrogens with one attached hydrogen (secondary N) is 1. The van der Waals surface area contributed by atoms with Crippen LogP contribution in [0, 0.1) is 6.92 Å². The minimum absolute atomic E-state index is 0.0427. The topological polar surface area (TPSA) is 97.9 Å². The third-order valence-corrected chi connectivity index (χ3v) is 5.18. The lowest BCUT2D eigenvalue weighted by Gasteiger charge is -2.19. The van der Waals surface area contributed by atoms with Gasteiger partial charge in [-0.1, -0.05) is 30.3 Å². The molecular weight excluding hydrogens is 370 g/mol. The van der Waals surface area contributed by atoms with Crippen LogP contribution < -0.4 is 10.2 Å². The van der Waals surface area contributed by atoms with Gasteiger partial charge in [-0.05, 0) is 25.8 Å².